The van der Waals surface area contributed by atoms with Crippen molar-refractivity contribution >= 4 is 40.3 Å². The van der Waals surface area contributed by atoms with E-state index in [1.54, 1.807) is 0 Å². The fourth-order valence-electron chi connectivity index (χ4n) is 0.689. The van der Waals surface area contributed by atoms with E-state index in [0.29, 0.717) is 0 Å². The van der Waals surface area contributed by atoms with Crippen molar-refractivity contribution in [2.45, 2.75) is 25.8 Å². The van der Waals surface area contributed by atoms with Crippen LogP contribution >= 0.6 is 0 Å². The summed E-state index contributed by atoms with van der Waals surface area (Å²) in [6.45, 7) is 2.21. The quantitative estimate of drug-likeness (QED) is 0.342. The van der Waals surface area contributed by atoms with Crippen LogP contribution in [-0.2, 0) is 12.3 Å². The van der Waals surface area contributed by atoms with Crippen LogP contribution in [0.3, 0.4) is 0 Å². The average molecular weight is 227 g/mol. The monoisotopic (exact) mass is 226 g/mol. The van der Waals surface area contributed by atoms with E-state index >= 15 is 0 Å². The van der Waals surface area contributed by atoms with Crippen LogP contribution in [0.2, 0.25) is 6.04 Å². The van der Waals surface area contributed by atoms with Crippen LogP contribution in [0, 0.1) is 0 Å². The lowest BCUT2D eigenvalue weighted by Gasteiger charge is -2.03. The summed E-state index contributed by atoms with van der Waals surface area (Å²) in [6.07, 6.45) is 2.62. The van der Waals surface area contributed by atoms with Gasteiger partial charge in [-0.05, 0) is 6.04 Å². The highest BCUT2D eigenvalue weighted by atomic mass is 28.4. The Balaban J connectivity index is 2.69. The van der Waals surface area contributed by atoms with Crippen molar-refractivity contribution in [3.8, 4) is 0 Å². The summed E-state index contributed by atoms with van der Waals surface area (Å²) in [5.74, 6) is 0. The molecule has 0 aliphatic carbocycles. The van der Waals surface area contributed by atoms with Crippen LogP contribution in [0.25, 0.3) is 0 Å². The molecule has 3 nitrogen and oxygen atoms in total. The average Bonchev–Trinajstić information content (AvgIpc) is 2.03. The first-order valence-corrected chi connectivity index (χ1v) is 8.76. The fraction of sp³-hybridized carbons (Fsp3) is 1.00. The lowest BCUT2D eigenvalue weighted by Crippen LogP contribution is -2.12. The molecule has 0 aliphatic heterocycles. The zero-order valence-corrected chi connectivity index (χ0v) is 13.7. The first kappa shape index (κ1) is 11.7. The van der Waals surface area contributed by atoms with Gasteiger partial charge in [-0.15, -0.1) is 0 Å². The maximum Gasteiger partial charge on any atom is 0.284 e. The van der Waals surface area contributed by atoms with Crippen LogP contribution < -0.4 is 0 Å². The van der Waals surface area contributed by atoms with Gasteiger partial charge in [0.15, 0.2) is 0 Å². The van der Waals surface area contributed by atoms with Crippen LogP contribution in [0.4, 0.5) is 0 Å². The van der Waals surface area contributed by atoms with Gasteiger partial charge in [-0.25, -0.2) is 0 Å². The molecule has 0 rings (SSSR count). The Morgan fingerprint density at radius 3 is 2.73 bits per heavy atom. The summed E-state index contributed by atoms with van der Waals surface area (Å²) in [5, 5.41) is 0. The molecule has 0 spiro atoms. The summed E-state index contributed by atoms with van der Waals surface area (Å²) in [6, 6.07) is 1.32. The third kappa shape index (κ3) is 10.7. The molecule has 0 saturated carbocycles. The first-order valence-electron chi connectivity index (χ1n) is 4.06. The predicted molar refractivity (Wildman–Crippen MR) is 58.5 cm³/mol. The molecule has 0 atom stereocenters. The molecule has 0 aromatic heterocycles. The molecule has 0 amide bonds. The molecule has 68 valence electrons. The van der Waals surface area contributed by atoms with E-state index in [1.165, 1.54) is 18.9 Å². The van der Waals surface area contributed by atoms with Crippen molar-refractivity contribution < 1.29 is 12.3 Å². The Labute approximate surface area is 78.8 Å². The number of unbranched alkanes of at least 4 members (excludes halogenated alkanes) is 1. The zero-order valence-electron chi connectivity index (χ0n) is 7.47. The molecular weight excluding hydrogens is 208 g/mol. The molecule has 0 aliphatic rings. The third-order valence-electron chi connectivity index (χ3n) is 1.26. The second-order valence-corrected chi connectivity index (χ2v) is 9.51. The molecule has 0 fully saturated rings. The minimum Gasteiger partial charge on any atom is -0.449 e. The second-order valence-electron chi connectivity index (χ2n) is 2.34. The van der Waals surface area contributed by atoms with Gasteiger partial charge in [0.1, 0.15) is 20.2 Å². The summed E-state index contributed by atoms with van der Waals surface area (Å²) < 4.78 is 15.7. The lowest BCUT2D eigenvalue weighted by molar-refractivity contribution is 0.437. The van der Waals surface area contributed by atoms with Gasteiger partial charge in [0.25, 0.3) is 20.0 Å². The van der Waals surface area contributed by atoms with Crippen molar-refractivity contribution in [1.82, 2.24) is 0 Å². The minimum atomic E-state index is -0.607. The van der Waals surface area contributed by atoms with Crippen LogP contribution in [0.15, 0.2) is 0 Å². The van der Waals surface area contributed by atoms with Gasteiger partial charge < -0.3 is 12.3 Å². The van der Waals surface area contributed by atoms with Gasteiger partial charge in [0.2, 0.25) is 0 Å². The normalized spacial score (nSPS) is 13.9. The third-order valence-corrected chi connectivity index (χ3v) is 6.15. The number of hydrogen-bond donors (Lipinski definition) is 0. The Morgan fingerprint density at radius 1 is 1.27 bits per heavy atom. The molecule has 7 heteroatoms. The van der Waals surface area contributed by atoms with E-state index in [-0.39, 0.29) is 9.76 Å². The van der Waals surface area contributed by atoms with E-state index in [9.17, 15) is 0 Å². The summed E-state index contributed by atoms with van der Waals surface area (Å²) in [4.78, 5) is 0. The largest absolute Gasteiger partial charge is 0.449 e. The highest BCUT2D eigenvalue weighted by Gasteiger charge is 1.89. The van der Waals surface area contributed by atoms with Crippen molar-refractivity contribution in [2.24, 2.45) is 0 Å². The maximum atomic E-state index is 5.46. The van der Waals surface area contributed by atoms with E-state index in [1.807, 2.05) is 0 Å². The van der Waals surface area contributed by atoms with Crippen molar-refractivity contribution in [1.29, 1.82) is 0 Å². The van der Waals surface area contributed by atoms with Crippen LogP contribution in [-0.4, -0.2) is 40.3 Å². The Morgan fingerprint density at radius 2 is 2.09 bits per heavy atom. The molecule has 0 aromatic rings. The SMILES string of the molecule is CCCC[SiH2]O[SiH2]O[SiH2]O[SiH3]. The van der Waals surface area contributed by atoms with Gasteiger partial charge in [0, 0.05) is 0 Å². The second kappa shape index (κ2) is 10.7. The topological polar surface area (TPSA) is 27.7 Å². The smallest absolute Gasteiger partial charge is 0.284 e. The Hall–Kier alpha value is 0.748. The van der Waals surface area contributed by atoms with E-state index in [2.05, 4.69) is 6.92 Å². The maximum absolute atomic E-state index is 5.46. The molecule has 0 saturated heterocycles. The van der Waals surface area contributed by atoms with Crippen molar-refractivity contribution in [3.63, 3.8) is 0 Å². The molecule has 0 unspecified atom stereocenters. The van der Waals surface area contributed by atoms with Crippen LogP contribution in [0.5, 0.6) is 0 Å². The molecule has 0 aromatic carbocycles. The molecule has 0 radical (unpaired) electrons. The molecular formula is C4H18O3Si4. The number of rotatable bonds is 8. The van der Waals surface area contributed by atoms with Gasteiger partial charge >= 0.3 is 0 Å². The van der Waals surface area contributed by atoms with Gasteiger partial charge in [-0.3, -0.25) is 0 Å². The van der Waals surface area contributed by atoms with Gasteiger partial charge in [-0.1, -0.05) is 19.8 Å². The first-order chi connectivity index (χ1) is 5.41. The summed E-state index contributed by atoms with van der Waals surface area (Å²) in [7, 11) is -0.593. The number of hydrogen-bond acceptors (Lipinski definition) is 3. The van der Waals surface area contributed by atoms with E-state index < -0.39 is 20.0 Å². The zero-order chi connectivity index (χ0) is 8.36. The fourth-order valence-corrected chi connectivity index (χ4v) is 6.65. The lowest BCUT2D eigenvalue weighted by atomic mass is 10.4. The highest BCUT2D eigenvalue weighted by Crippen LogP contribution is 1.92. The molecule has 0 N–H and O–H groups in total. The summed E-state index contributed by atoms with van der Waals surface area (Å²) >= 11 is 0. The Bertz CT molecular complexity index is 66.4. The van der Waals surface area contributed by atoms with E-state index in [4.69, 9.17) is 12.3 Å². The van der Waals surface area contributed by atoms with Crippen LogP contribution in [0.1, 0.15) is 19.8 Å². The van der Waals surface area contributed by atoms with Gasteiger partial charge in [-0.2, -0.15) is 0 Å². The van der Waals surface area contributed by atoms with Crippen molar-refractivity contribution in [3.05, 3.63) is 0 Å². The minimum absolute atomic E-state index is 0.213. The highest BCUT2D eigenvalue weighted by molar-refractivity contribution is 6.44. The molecule has 11 heavy (non-hydrogen) atoms. The Kier molecular flexibility index (Phi) is 11.5. The molecule has 0 heterocycles. The standard InChI is InChI=1S/C4H18O3Si4/c1-2-3-4-9-6-11-7-10-5-8/h2-4,9-11H2,1,8H3. The molecule has 0 bridgehead atoms. The predicted octanol–water partition coefficient (Wildman–Crippen LogP) is -2.38. The van der Waals surface area contributed by atoms with Gasteiger partial charge in [0.05, 0.1) is 0 Å². The van der Waals surface area contributed by atoms with E-state index in [0.717, 1.165) is 10.5 Å². The van der Waals surface area contributed by atoms with Crippen molar-refractivity contribution in [2.75, 3.05) is 0 Å². The summed E-state index contributed by atoms with van der Waals surface area (Å²) in [5.41, 5.74) is 0.